The summed E-state index contributed by atoms with van der Waals surface area (Å²) in [7, 11) is 0. The Bertz CT molecular complexity index is 695. The van der Waals surface area contributed by atoms with E-state index in [-0.39, 0.29) is 0 Å². The third-order valence-electron chi connectivity index (χ3n) is 3.32. The van der Waals surface area contributed by atoms with Crippen LogP contribution in [0.25, 0.3) is 11.0 Å². The molecule has 0 saturated heterocycles. The van der Waals surface area contributed by atoms with E-state index >= 15 is 0 Å². The molecule has 3 rings (SSSR count). The fourth-order valence-electron chi connectivity index (χ4n) is 2.36. The van der Waals surface area contributed by atoms with Crippen LogP contribution in [0.2, 0.25) is 0 Å². The predicted molar refractivity (Wildman–Crippen MR) is 68.2 cm³/mol. The second-order valence-electron chi connectivity index (χ2n) is 5.29. The standard InChI is InChI=1S/C14H14O5/c1-14(2,17)13-10(16)8-5-3-7-4-6-9(15)18-11(7)12(8)19-13/h3-6,10,13,16-17H,1-2H3/t10-,13+/m1/s1. The van der Waals surface area contributed by atoms with Gasteiger partial charge in [-0.15, -0.1) is 0 Å². The minimum atomic E-state index is -1.21. The maximum Gasteiger partial charge on any atom is 0.336 e. The smallest absolute Gasteiger partial charge is 0.336 e. The van der Waals surface area contributed by atoms with E-state index in [1.165, 1.54) is 6.07 Å². The maximum absolute atomic E-state index is 11.3. The van der Waals surface area contributed by atoms with Crippen molar-refractivity contribution in [3.63, 3.8) is 0 Å². The number of ether oxygens (including phenoxy) is 1. The van der Waals surface area contributed by atoms with Crippen LogP contribution in [0.15, 0.2) is 33.5 Å². The van der Waals surface area contributed by atoms with Gasteiger partial charge in [0.1, 0.15) is 6.10 Å². The van der Waals surface area contributed by atoms with Crippen molar-refractivity contribution in [3.05, 3.63) is 40.2 Å². The van der Waals surface area contributed by atoms with Crippen molar-refractivity contribution in [2.45, 2.75) is 31.7 Å². The molecule has 0 spiro atoms. The molecule has 2 N–H and O–H groups in total. The van der Waals surface area contributed by atoms with E-state index in [4.69, 9.17) is 9.15 Å². The Labute approximate surface area is 109 Å². The van der Waals surface area contributed by atoms with Gasteiger partial charge in [-0.05, 0) is 19.9 Å². The van der Waals surface area contributed by atoms with Crippen LogP contribution in [-0.4, -0.2) is 21.9 Å². The van der Waals surface area contributed by atoms with Crippen LogP contribution in [0, 0.1) is 0 Å². The van der Waals surface area contributed by atoms with Crippen molar-refractivity contribution >= 4 is 11.0 Å². The zero-order valence-corrected chi connectivity index (χ0v) is 10.6. The summed E-state index contributed by atoms with van der Waals surface area (Å²) >= 11 is 0. The molecule has 2 heterocycles. The van der Waals surface area contributed by atoms with Gasteiger partial charge in [-0.3, -0.25) is 0 Å². The highest BCUT2D eigenvalue weighted by molar-refractivity contribution is 5.84. The molecule has 0 radical (unpaired) electrons. The lowest BCUT2D eigenvalue weighted by Crippen LogP contribution is -2.41. The Morgan fingerprint density at radius 2 is 1.89 bits per heavy atom. The van der Waals surface area contributed by atoms with E-state index in [2.05, 4.69) is 0 Å². The number of hydrogen-bond donors (Lipinski definition) is 2. The molecular formula is C14H14O5. The predicted octanol–water partition coefficient (Wildman–Crippen LogP) is 1.36. The van der Waals surface area contributed by atoms with Gasteiger partial charge in [-0.25, -0.2) is 4.79 Å². The summed E-state index contributed by atoms with van der Waals surface area (Å²) < 4.78 is 10.8. The quantitative estimate of drug-likeness (QED) is 0.758. The number of aliphatic hydroxyl groups is 2. The van der Waals surface area contributed by atoms with E-state index in [1.54, 1.807) is 32.0 Å². The molecule has 1 aromatic carbocycles. The highest BCUT2D eigenvalue weighted by atomic mass is 16.5. The minimum absolute atomic E-state index is 0.302. The Kier molecular flexibility index (Phi) is 2.45. The van der Waals surface area contributed by atoms with Gasteiger partial charge in [-0.2, -0.15) is 0 Å². The van der Waals surface area contributed by atoms with Crippen LogP contribution in [-0.2, 0) is 0 Å². The lowest BCUT2D eigenvalue weighted by atomic mass is 9.94. The van der Waals surface area contributed by atoms with Gasteiger partial charge in [0.25, 0.3) is 0 Å². The number of benzene rings is 1. The average molecular weight is 262 g/mol. The molecule has 0 aliphatic carbocycles. The van der Waals surface area contributed by atoms with Gasteiger partial charge in [0.2, 0.25) is 0 Å². The van der Waals surface area contributed by atoms with Gasteiger partial charge >= 0.3 is 5.63 Å². The van der Waals surface area contributed by atoms with Crippen molar-refractivity contribution in [2.75, 3.05) is 0 Å². The molecule has 0 amide bonds. The monoisotopic (exact) mass is 262 g/mol. The molecular weight excluding hydrogens is 248 g/mol. The molecule has 5 heteroatoms. The summed E-state index contributed by atoms with van der Waals surface area (Å²) in [6.07, 6.45) is -1.75. The molecule has 1 aromatic heterocycles. The van der Waals surface area contributed by atoms with Crippen molar-refractivity contribution in [3.8, 4) is 5.75 Å². The molecule has 1 aliphatic rings. The molecule has 1 aliphatic heterocycles. The molecule has 100 valence electrons. The van der Waals surface area contributed by atoms with Crippen molar-refractivity contribution in [1.29, 1.82) is 0 Å². The fourth-order valence-corrected chi connectivity index (χ4v) is 2.36. The van der Waals surface area contributed by atoms with Crippen molar-refractivity contribution in [2.24, 2.45) is 0 Å². The fraction of sp³-hybridized carbons (Fsp3) is 0.357. The van der Waals surface area contributed by atoms with Gasteiger partial charge in [-0.1, -0.05) is 12.1 Å². The van der Waals surface area contributed by atoms with Crippen LogP contribution < -0.4 is 10.4 Å². The van der Waals surface area contributed by atoms with Gasteiger partial charge < -0.3 is 19.4 Å². The van der Waals surface area contributed by atoms with E-state index in [0.29, 0.717) is 22.3 Å². The van der Waals surface area contributed by atoms with Crippen molar-refractivity contribution < 1.29 is 19.4 Å². The van der Waals surface area contributed by atoms with Crippen LogP contribution in [0.4, 0.5) is 0 Å². The molecule has 5 nitrogen and oxygen atoms in total. The summed E-state index contributed by atoms with van der Waals surface area (Å²) in [5.41, 5.74) is -0.865. The molecule has 0 fully saturated rings. The van der Waals surface area contributed by atoms with Crippen LogP contribution in [0.3, 0.4) is 0 Å². The molecule has 2 aromatic rings. The topological polar surface area (TPSA) is 79.9 Å². The van der Waals surface area contributed by atoms with Crippen LogP contribution >= 0.6 is 0 Å². The molecule has 0 saturated carbocycles. The number of hydrogen-bond acceptors (Lipinski definition) is 5. The average Bonchev–Trinajstić information content (AvgIpc) is 2.67. The Hall–Kier alpha value is -1.85. The summed E-state index contributed by atoms with van der Waals surface area (Å²) in [6.45, 7) is 3.12. The molecule has 0 bridgehead atoms. The zero-order valence-electron chi connectivity index (χ0n) is 10.6. The third-order valence-corrected chi connectivity index (χ3v) is 3.32. The second-order valence-corrected chi connectivity index (χ2v) is 5.29. The van der Waals surface area contributed by atoms with Gasteiger partial charge in [0.05, 0.1) is 5.60 Å². The summed E-state index contributed by atoms with van der Waals surface area (Å²) in [6, 6.07) is 6.42. The maximum atomic E-state index is 11.3. The Balaban J connectivity index is 2.22. The Morgan fingerprint density at radius 1 is 1.21 bits per heavy atom. The number of fused-ring (bicyclic) bond motifs is 3. The van der Waals surface area contributed by atoms with E-state index in [9.17, 15) is 15.0 Å². The summed E-state index contributed by atoms with van der Waals surface area (Å²) in [4.78, 5) is 11.3. The lowest BCUT2D eigenvalue weighted by molar-refractivity contribution is -0.0761. The highest BCUT2D eigenvalue weighted by Gasteiger charge is 2.43. The SMILES string of the molecule is CC(C)(O)[C@H]1Oc2c(ccc3ccc(=O)oc23)[C@H]1O. The minimum Gasteiger partial charge on any atom is -0.480 e. The summed E-state index contributed by atoms with van der Waals surface area (Å²) in [5.74, 6) is 0.329. The van der Waals surface area contributed by atoms with E-state index < -0.39 is 23.4 Å². The van der Waals surface area contributed by atoms with Crippen LogP contribution in [0.5, 0.6) is 5.75 Å². The third kappa shape index (κ3) is 1.82. The molecule has 2 atom stereocenters. The number of aliphatic hydroxyl groups excluding tert-OH is 1. The largest absolute Gasteiger partial charge is 0.480 e. The Morgan fingerprint density at radius 3 is 2.58 bits per heavy atom. The normalized spacial score (nSPS) is 22.3. The molecule has 19 heavy (non-hydrogen) atoms. The number of rotatable bonds is 1. The first-order valence-electron chi connectivity index (χ1n) is 6.02. The first-order valence-corrected chi connectivity index (χ1v) is 6.02. The van der Waals surface area contributed by atoms with Crippen molar-refractivity contribution in [1.82, 2.24) is 0 Å². The first kappa shape index (κ1) is 12.2. The van der Waals surface area contributed by atoms with E-state index in [0.717, 1.165) is 0 Å². The van der Waals surface area contributed by atoms with Crippen LogP contribution in [0.1, 0.15) is 25.5 Å². The van der Waals surface area contributed by atoms with E-state index in [1.807, 2.05) is 0 Å². The summed E-state index contributed by atoms with van der Waals surface area (Å²) in [5, 5.41) is 20.9. The van der Waals surface area contributed by atoms with Gasteiger partial charge in [0.15, 0.2) is 17.4 Å². The second kappa shape index (κ2) is 3.82. The lowest BCUT2D eigenvalue weighted by Gasteiger charge is -2.27. The first-order chi connectivity index (χ1) is 8.88. The highest BCUT2D eigenvalue weighted by Crippen LogP contribution is 2.44. The zero-order chi connectivity index (χ0) is 13.8. The van der Waals surface area contributed by atoms with Gasteiger partial charge in [0, 0.05) is 17.0 Å². The molecule has 0 unspecified atom stereocenters.